The molecule has 0 radical (unpaired) electrons. The minimum atomic E-state index is -0.734. The highest BCUT2D eigenvalue weighted by Gasteiger charge is 2.43. The van der Waals surface area contributed by atoms with Crippen LogP contribution in [0.25, 0.3) is 0 Å². The molecule has 2 aliphatic rings. The van der Waals surface area contributed by atoms with E-state index in [-0.39, 0.29) is 38.3 Å². The number of Topliss-reactive ketones (excluding diaryl/α,β-unsaturated/α-hetero) is 1. The summed E-state index contributed by atoms with van der Waals surface area (Å²) in [5.41, 5.74) is -0.144. The van der Waals surface area contributed by atoms with Gasteiger partial charge in [-0.15, -0.1) is 0 Å². The van der Waals surface area contributed by atoms with Crippen LogP contribution in [0.3, 0.4) is 0 Å². The van der Waals surface area contributed by atoms with Gasteiger partial charge in [0, 0.05) is 18.7 Å². The number of nitrogens with zero attached hydrogens (tertiary/aromatic N) is 3. The Morgan fingerprint density at radius 2 is 2.04 bits per heavy atom. The molecule has 0 saturated carbocycles. The predicted molar refractivity (Wildman–Crippen MR) is 106 cm³/mol. The molecule has 2 unspecified atom stereocenters. The van der Waals surface area contributed by atoms with E-state index in [0.717, 1.165) is 12.1 Å². The van der Waals surface area contributed by atoms with Crippen molar-refractivity contribution < 1.29 is 14.1 Å². The zero-order valence-corrected chi connectivity index (χ0v) is 17.5. The highest BCUT2D eigenvalue weighted by molar-refractivity contribution is 9.12. The number of carbonyl (C=O) groups is 1. The molecule has 6 nitrogen and oxygen atoms in total. The summed E-state index contributed by atoms with van der Waals surface area (Å²) in [7, 11) is 1.75. The van der Waals surface area contributed by atoms with Crippen molar-refractivity contribution in [3.8, 4) is 0 Å². The largest absolute Gasteiger partial charge is 0.296 e. The van der Waals surface area contributed by atoms with Crippen LogP contribution in [0.2, 0.25) is 5.02 Å². The summed E-state index contributed by atoms with van der Waals surface area (Å²) >= 11 is 9.28. The molecular weight excluding hydrogens is 441 g/mol. The number of hydrogen-bond acceptors (Lipinski definition) is 5. The molecule has 0 spiro atoms. The van der Waals surface area contributed by atoms with Crippen molar-refractivity contribution in [3.05, 3.63) is 66.5 Å². The number of ketones is 1. The Kier molecular flexibility index (Phi) is 6.54. The van der Waals surface area contributed by atoms with Gasteiger partial charge in [-0.3, -0.25) is 19.9 Å². The predicted octanol–water partition coefficient (Wildman–Crippen LogP) is 4.82. The molecule has 1 aliphatic carbocycles. The second-order valence-corrected chi connectivity index (χ2v) is 6.98. The van der Waals surface area contributed by atoms with Gasteiger partial charge in [0.25, 0.3) is 5.70 Å². The van der Waals surface area contributed by atoms with Gasteiger partial charge < -0.3 is 0 Å². The summed E-state index contributed by atoms with van der Waals surface area (Å²) in [6.07, 6.45) is 1.41. The van der Waals surface area contributed by atoms with Crippen LogP contribution >= 0.6 is 27.5 Å². The van der Waals surface area contributed by atoms with E-state index in [1.165, 1.54) is 12.1 Å². The molecule has 1 aromatic rings. The first kappa shape index (κ1) is 21.2. The lowest BCUT2D eigenvalue weighted by Gasteiger charge is -2.21. The third kappa shape index (κ3) is 3.82. The Balaban J connectivity index is 0.00000126. The standard InChI is InChI=1S/C16H12BrClFN3O3.C2H6/c1-7-9-6-12(22(24)25)13(14(17)15(9)20-21(7)2)16(23)10-5-8(19)3-4-11(10)18;1-2/h3-7,9H,1-2H3;1-2H3. The lowest BCUT2D eigenvalue weighted by molar-refractivity contribution is -0.420. The average Bonchev–Trinajstić information content (AvgIpc) is 2.93. The Labute approximate surface area is 169 Å². The maximum absolute atomic E-state index is 13.5. The van der Waals surface area contributed by atoms with E-state index in [4.69, 9.17) is 11.6 Å². The second kappa shape index (κ2) is 8.31. The lowest BCUT2D eigenvalue weighted by Crippen LogP contribution is -2.31. The number of allylic oxidation sites excluding steroid dienone is 2. The maximum Gasteiger partial charge on any atom is 0.278 e. The first-order valence-corrected chi connectivity index (χ1v) is 9.47. The maximum atomic E-state index is 13.5. The minimum absolute atomic E-state index is 0.0165. The van der Waals surface area contributed by atoms with E-state index in [0.29, 0.717) is 5.71 Å². The zero-order valence-electron chi connectivity index (χ0n) is 15.2. The molecule has 0 amide bonds. The molecule has 1 aromatic carbocycles. The molecule has 144 valence electrons. The van der Waals surface area contributed by atoms with Crippen LogP contribution in [-0.4, -0.2) is 34.5 Å². The summed E-state index contributed by atoms with van der Waals surface area (Å²) in [5, 5.41) is 17.6. The van der Waals surface area contributed by atoms with Crippen molar-refractivity contribution >= 4 is 39.0 Å². The van der Waals surface area contributed by atoms with Crippen molar-refractivity contribution in [1.82, 2.24) is 5.01 Å². The van der Waals surface area contributed by atoms with E-state index in [9.17, 15) is 19.3 Å². The first-order chi connectivity index (χ1) is 12.7. The number of rotatable bonds is 3. The van der Waals surface area contributed by atoms with Gasteiger partial charge in [-0.25, -0.2) is 4.39 Å². The van der Waals surface area contributed by atoms with Crippen molar-refractivity contribution in [1.29, 1.82) is 0 Å². The Hall–Kier alpha value is -2.06. The topological polar surface area (TPSA) is 75.8 Å². The smallest absolute Gasteiger partial charge is 0.278 e. The molecule has 1 aliphatic heterocycles. The number of benzene rings is 1. The molecule has 9 heteroatoms. The summed E-state index contributed by atoms with van der Waals surface area (Å²) < 4.78 is 13.8. The molecular formula is C18H18BrClFN3O3. The SMILES string of the molecule is CC.CC1C2C=C([N+](=O)[O-])C(C(=O)c3cc(F)ccc3Cl)=C(Br)C2=NN1C. The fourth-order valence-corrected chi connectivity index (χ4v) is 3.80. The summed E-state index contributed by atoms with van der Waals surface area (Å²) in [6.45, 7) is 5.88. The fraction of sp³-hybridized carbons (Fsp3) is 0.333. The van der Waals surface area contributed by atoms with Gasteiger partial charge in [0.05, 0.1) is 32.1 Å². The number of fused-ring (bicyclic) bond motifs is 1. The highest BCUT2D eigenvalue weighted by atomic mass is 79.9. The second-order valence-electron chi connectivity index (χ2n) is 5.78. The van der Waals surface area contributed by atoms with Crippen molar-refractivity contribution in [2.24, 2.45) is 11.0 Å². The van der Waals surface area contributed by atoms with Crippen LogP contribution < -0.4 is 0 Å². The van der Waals surface area contributed by atoms with Crippen LogP contribution in [0.15, 0.2) is 45.1 Å². The van der Waals surface area contributed by atoms with E-state index in [2.05, 4.69) is 21.0 Å². The van der Waals surface area contributed by atoms with Gasteiger partial charge in [0.1, 0.15) is 11.4 Å². The van der Waals surface area contributed by atoms with Crippen LogP contribution in [-0.2, 0) is 0 Å². The summed E-state index contributed by atoms with van der Waals surface area (Å²) in [6, 6.07) is 3.23. The number of hydrogen-bond donors (Lipinski definition) is 0. The third-order valence-electron chi connectivity index (χ3n) is 4.33. The molecule has 3 rings (SSSR count). The van der Waals surface area contributed by atoms with Gasteiger partial charge in [-0.05, 0) is 41.1 Å². The molecule has 0 bridgehead atoms. The Morgan fingerprint density at radius 3 is 2.63 bits per heavy atom. The Bertz CT molecular complexity index is 898. The van der Waals surface area contributed by atoms with Crippen LogP contribution in [0.1, 0.15) is 31.1 Å². The molecule has 27 heavy (non-hydrogen) atoms. The van der Waals surface area contributed by atoms with E-state index < -0.39 is 16.5 Å². The molecule has 0 N–H and O–H groups in total. The van der Waals surface area contributed by atoms with E-state index in [1.54, 1.807) is 12.1 Å². The molecule has 2 atom stereocenters. The van der Waals surface area contributed by atoms with Crippen LogP contribution in [0, 0.1) is 21.8 Å². The number of nitro groups is 1. The van der Waals surface area contributed by atoms with Crippen LogP contribution in [0.4, 0.5) is 4.39 Å². The van der Waals surface area contributed by atoms with Gasteiger partial charge in [-0.2, -0.15) is 5.10 Å². The van der Waals surface area contributed by atoms with E-state index in [1.807, 2.05) is 20.8 Å². The van der Waals surface area contributed by atoms with Crippen LogP contribution in [0.5, 0.6) is 0 Å². The fourth-order valence-electron chi connectivity index (χ4n) is 2.87. The normalized spacial score (nSPS) is 21.1. The minimum Gasteiger partial charge on any atom is -0.296 e. The Morgan fingerprint density at radius 1 is 1.41 bits per heavy atom. The van der Waals surface area contributed by atoms with Gasteiger partial charge in [0.15, 0.2) is 0 Å². The summed E-state index contributed by atoms with van der Waals surface area (Å²) in [4.78, 5) is 23.8. The molecule has 0 fully saturated rings. The monoisotopic (exact) mass is 457 g/mol. The van der Waals surface area contributed by atoms with Crippen molar-refractivity contribution in [2.45, 2.75) is 26.8 Å². The van der Waals surface area contributed by atoms with Gasteiger partial charge in [0.2, 0.25) is 5.78 Å². The first-order valence-electron chi connectivity index (χ1n) is 8.30. The molecule has 1 heterocycles. The summed E-state index contributed by atoms with van der Waals surface area (Å²) in [5.74, 6) is -1.71. The zero-order chi connectivity index (χ0) is 20.5. The highest BCUT2D eigenvalue weighted by Crippen LogP contribution is 2.39. The van der Waals surface area contributed by atoms with Gasteiger partial charge in [-0.1, -0.05) is 25.4 Å². The lowest BCUT2D eigenvalue weighted by atomic mass is 9.86. The number of hydrazone groups is 1. The average molecular weight is 459 g/mol. The quantitative estimate of drug-likeness (QED) is 0.370. The van der Waals surface area contributed by atoms with Crippen molar-refractivity contribution in [2.75, 3.05) is 7.05 Å². The van der Waals surface area contributed by atoms with Gasteiger partial charge >= 0.3 is 0 Å². The van der Waals surface area contributed by atoms with E-state index >= 15 is 0 Å². The molecule has 0 aromatic heterocycles. The third-order valence-corrected chi connectivity index (χ3v) is 5.46. The number of carbonyl (C=O) groups excluding carboxylic acids is 1. The molecule has 0 saturated heterocycles. The number of halogens is 3. The van der Waals surface area contributed by atoms with Crippen molar-refractivity contribution in [3.63, 3.8) is 0 Å².